The van der Waals surface area contributed by atoms with Gasteiger partial charge in [-0.1, -0.05) is 23.4 Å². The molecule has 11 nitrogen and oxygen atoms in total. The standard InChI is InChI=1S/C21H22ClN7O4S/c1-21(33-17(31)16-12(22)10-25-20(27-16)34-2)6-3-4-8-28-15(30)9-14(13-5-7-24-11-26-13)29(18(21)28)19(23)32/h5,7,9-11,18H,3-4,6,8H2,1-2H3,(H2,23,32). The normalized spacial score (nSPS) is 22.5. The van der Waals surface area contributed by atoms with Crippen molar-refractivity contribution in [2.75, 3.05) is 12.8 Å². The summed E-state index contributed by atoms with van der Waals surface area (Å²) in [7, 11) is 0. The van der Waals surface area contributed by atoms with Gasteiger partial charge in [-0.3, -0.25) is 9.69 Å². The van der Waals surface area contributed by atoms with Crippen molar-refractivity contribution in [1.29, 1.82) is 0 Å². The first-order valence-corrected chi connectivity index (χ1v) is 12.0. The average Bonchev–Trinajstić information content (AvgIpc) is 2.99. The Hall–Kier alpha value is -3.25. The van der Waals surface area contributed by atoms with E-state index in [1.165, 1.54) is 46.4 Å². The third kappa shape index (κ3) is 4.42. The van der Waals surface area contributed by atoms with Crippen LogP contribution in [-0.4, -0.2) is 72.2 Å². The van der Waals surface area contributed by atoms with Gasteiger partial charge in [-0.15, -0.1) is 0 Å². The number of ether oxygens (including phenoxy) is 1. The number of aromatic nitrogens is 4. The van der Waals surface area contributed by atoms with Crippen LogP contribution in [0.25, 0.3) is 5.70 Å². The summed E-state index contributed by atoms with van der Waals surface area (Å²) in [6, 6.07) is 0.747. The molecule has 0 saturated carbocycles. The quantitative estimate of drug-likeness (QED) is 0.377. The first kappa shape index (κ1) is 23.9. The van der Waals surface area contributed by atoms with Gasteiger partial charge in [-0.05, 0) is 38.5 Å². The van der Waals surface area contributed by atoms with Crippen LogP contribution in [0.2, 0.25) is 5.02 Å². The molecule has 1 fully saturated rings. The van der Waals surface area contributed by atoms with Crippen LogP contribution in [0.1, 0.15) is 42.4 Å². The maximum Gasteiger partial charge on any atom is 0.359 e. The molecular formula is C21H22ClN7O4S. The third-order valence-electron chi connectivity index (χ3n) is 5.72. The number of nitrogens with two attached hydrogens (primary N) is 1. The Labute approximate surface area is 204 Å². The lowest BCUT2D eigenvalue weighted by Gasteiger charge is -2.48. The summed E-state index contributed by atoms with van der Waals surface area (Å²) >= 11 is 7.43. The van der Waals surface area contributed by atoms with Gasteiger partial charge in [-0.2, -0.15) is 0 Å². The van der Waals surface area contributed by atoms with Gasteiger partial charge in [0, 0.05) is 18.8 Å². The lowest BCUT2D eigenvalue weighted by atomic mass is 9.93. The van der Waals surface area contributed by atoms with Crippen LogP contribution in [0.3, 0.4) is 0 Å². The van der Waals surface area contributed by atoms with Crippen LogP contribution in [0.5, 0.6) is 0 Å². The van der Waals surface area contributed by atoms with E-state index in [1.54, 1.807) is 19.2 Å². The summed E-state index contributed by atoms with van der Waals surface area (Å²) in [6.07, 6.45) is 7.87. The number of thioether (sulfide) groups is 1. The number of hydrogen-bond acceptors (Lipinski definition) is 9. The zero-order valence-electron chi connectivity index (χ0n) is 18.5. The number of carbonyl (C=O) groups is 3. The summed E-state index contributed by atoms with van der Waals surface area (Å²) in [4.78, 5) is 58.1. The number of nitrogens with zero attached hydrogens (tertiary/aromatic N) is 6. The van der Waals surface area contributed by atoms with Crippen LogP contribution in [0, 0.1) is 0 Å². The molecule has 2 aromatic heterocycles. The molecule has 0 bridgehead atoms. The predicted molar refractivity (Wildman–Crippen MR) is 123 cm³/mol. The van der Waals surface area contributed by atoms with Crippen LogP contribution in [0.15, 0.2) is 36.0 Å². The molecule has 0 spiro atoms. The highest BCUT2D eigenvalue weighted by Crippen LogP contribution is 2.39. The molecule has 2 aliphatic heterocycles. The van der Waals surface area contributed by atoms with Gasteiger partial charge in [0.1, 0.15) is 11.9 Å². The smallest absolute Gasteiger partial charge is 0.359 e. The minimum atomic E-state index is -1.32. The van der Waals surface area contributed by atoms with Crippen LogP contribution in [-0.2, 0) is 9.53 Å². The Balaban J connectivity index is 1.78. The van der Waals surface area contributed by atoms with E-state index >= 15 is 0 Å². The lowest BCUT2D eigenvalue weighted by Crippen LogP contribution is -2.65. The maximum atomic E-state index is 13.2. The molecule has 2 unspecified atom stereocenters. The third-order valence-corrected chi connectivity index (χ3v) is 6.56. The van der Waals surface area contributed by atoms with Crippen molar-refractivity contribution in [3.8, 4) is 0 Å². The molecule has 0 aliphatic carbocycles. The van der Waals surface area contributed by atoms with Crippen LogP contribution >= 0.6 is 23.4 Å². The first-order chi connectivity index (χ1) is 16.2. The fourth-order valence-electron chi connectivity index (χ4n) is 4.22. The van der Waals surface area contributed by atoms with E-state index in [9.17, 15) is 14.4 Å². The molecule has 2 aromatic rings. The number of primary amides is 1. The monoisotopic (exact) mass is 503 g/mol. The molecule has 0 aromatic carbocycles. The van der Waals surface area contributed by atoms with Crippen LogP contribution in [0.4, 0.5) is 4.79 Å². The van der Waals surface area contributed by atoms with Crippen LogP contribution < -0.4 is 5.73 Å². The van der Waals surface area contributed by atoms with Gasteiger partial charge in [-0.25, -0.2) is 29.5 Å². The molecule has 2 N–H and O–H groups in total. The highest BCUT2D eigenvalue weighted by Gasteiger charge is 2.52. The number of hydrogen-bond donors (Lipinski definition) is 1. The second-order valence-corrected chi connectivity index (χ2v) is 9.13. The van der Waals surface area contributed by atoms with Crippen molar-refractivity contribution in [2.24, 2.45) is 5.73 Å². The summed E-state index contributed by atoms with van der Waals surface area (Å²) in [5.74, 6) is -1.13. The fraction of sp³-hybridized carbons (Fsp3) is 0.381. The van der Waals surface area contributed by atoms with E-state index < -0.39 is 23.8 Å². The second kappa shape index (κ2) is 9.55. The number of carbonyl (C=O) groups excluding carboxylic acids is 3. The zero-order chi connectivity index (χ0) is 24.5. The van der Waals surface area contributed by atoms with Gasteiger partial charge < -0.3 is 15.4 Å². The highest BCUT2D eigenvalue weighted by molar-refractivity contribution is 7.98. The number of urea groups is 1. The van der Waals surface area contributed by atoms with E-state index in [2.05, 4.69) is 19.9 Å². The van der Waals surface area contributed by atoms with E-state index in [1.807, 2.05) is 0 Å². The van der Waals surface area contributed by atoms with E-state index in [-0.39, 0.29) is 22.3 Å². The molecule has 13 heteroatoms. The molecule has 3 amide bonds. The topological polar surface area (TPSA) is 144 Å². The van der Waals surface area contributed by atoms with E-state index in [4.69, 9.17) is 22.1 Å². The number of halogens is 1. The zero-order valence-corrected chi connectivity index (χ0v) is 20.0. The van der Waals surface area contributed by atoms with Crippen molar-refractivity contribution in [3.63, 3.8) is 0 Å². The highest BCUT2D eigenvalue weighted by atomic mass is 35.5. The molecule has 34 heavy (non-hydrogen) atoms. The van der Waals surface area contributed by atoms with Crippen molar-refractivity contribution in [3.05, 3.63) is 47.3 Å². The first-order valence-electron chi connectivity index (χ1n) is 10.4. The second-order valence-electron chi connectivity index (χ2n) is 7.95. The number of amides is 3. The molecule has 4 rings (SSSR count). The van der Waals surface area contributed by atoms with Gasteiger partial charge >= 0.3 is 12.0 Å². The van der Waals surface area contributed by atoms with Crippen molar-refractivity contribution < 1.29 is 19.1 Å². The Morgan fingerprint density at radius 3 is 2.79 bits per heavy atom. The molecule has 4 heterocycles. The molecule has 178 valence electrons. The molecule has 0 radical (unpaired) electrons. The summed E-state index contributed by atoms with van der Waals surface area (Å²) < 4.78 is 5.98. The SMILES string of the molecule is CSc1ncc(Cl)c(C(=O)OC2(C)CCCCN3C(=O)C=C(c4ccncn4)N(C(N)=O)C32)n1. The van der Waals surface area contributed by atoms with Gasteiger partial charge in [0.25, 0.3) is 5.91 Å². The molecular weight excluding hydrogens is 482 g/mol. The van der Waals surface area contributed by atoms with Gasteiger partial charge in [0.05, 0.1) is 22.6 Å². The predicted octanol–water partition coefficient (Wildman–Crippen LogP) is 2.33. The Kier molecular flexibility index (Phi) is 6.71. The number of rotatable bonds is 4. The minimum Gasteiger partial charge on any atom is -0.450 e. The van der Waals surface area contributed by atoms with Crippen molar-refractivity contribution in [2.45, 2.75) is 43.1 Å². The lowest BCUT2D eigenvalue weighted by molar-refractivity contribution is -0.143. The minimum absolute atomic E-state index is 0.0323. The Bertz CT molecular complexity index is 1170. The number of fused-ring (bicyclic) bond motifs is 1. The average molecular weight is 504 g/mol. The van der Waals surface area contributed by atoms with Crippen molar-refractivity contribution in [1.82, 2.24) is 29.7 Å². The molecule has 2 atom stereocenters. The van der Waals surface area contributed by atoms with Gasteiger partial charge in [0.2, 0.25) is 0 Å². The van der Waals surface area contributed by atoms with Crippen molar-refractivity contribution >= 4 is 47.0 Å². The Morgan fingerprint density at radius 2 is 2.12 bits per heavy atom. The van der Waals surface area contributed by atoms with E-state index in [0.29, 0.717) is 36.7 Å². The fourth-order valence-corrected chi connectivity index (χ4v) is 4.73. The van der Waals surface area contributed by atoms with Gasteiger partial charge in [0.15, 0.2) is 17.0 Å². The maximum absolute atomic E-state index is 13.2. The largest absolute Gasteiger partial charge is 0.450 e. The Morgan fingerprint density at radius 1 is 1.32 bits per heavy atom. The summed E-state index contributed by atoms with van der Waals surface area (Å²) in [6.45, 7) is 2.03. The number of esters is 1. The summed E-state index contributed by atoms with van der Waals surface area (Å²) in [5.41, 5.74) is 4.92. The molecule has 2 aliphatic rings. The molecule has 1 saturated heterocycles. The van der Waals surface area contributed by atoms with E-state index in [0.717, 1.165) is 0 Å². The summed E-state index contributed by atoms with van der Waals surface area (Å²) in [5, 5.41) is 0.384.